The first-order chi connectivity index (χ1) is 18.0. The van der Waals surface area contributed by atoms with Crippen LogP contribution < -0.4 is 15.1 Å². The molecule has 3 aromatic rings. The molecule has 1 saturated carbocycles. The zero-order valence-electron chi connectivity index (χ0n) is 21.2. The SMILES string of the molecule is CS(=O)(=O)c1ccc(C(=O)Nc2cc(N3CCC(F)(F)CC3)n3ccnc3n2)c(N2CCC3(CC2)CC3)c1. The fraction of sp³-hybridized carbons (Fsp3) is 0.500. The molecular formula is C26H30F2N6O3S. The van der Waals surface area contributed by atoms with Gasteiger partial charge in [-0.25, -0.2) is 22.2 Å². The van der Waals surface area contributed by atoms with Gasteiger partial charge in [-0.2, -0.15) is 4.98 Å². The van der Waals surface area contributed by atoms with Crippen molar-refractivity contribution in [2.24, 2.45) is 5.41 Å². The highest BCUT2D eigenvalue weighted by atomic mass is 32.2. The number of hydrogen-bond donors (Lipinski definition) is 1. The van der Waals surface area contributed by atoms with Crippen LogP contribution >= 0.6 is 0 Å². The van der Waals surface area contributed by atoms with Gasteiger partial charge < -0.3 is 15.1 Å². The zero-order valence-corrected chi connectivity index (χ0v) is 22.0. The Morgan fingerprint density at radius 2 is 1.66 bits per heavy atom. The van der Waals surface area contributed by atoms with Crippen molar-refractivity contribution in [1.82, 2.24) is 14.4 Å². The summed E-state index contributed by atoms with van der Waals surface area (Å²) in [6, 6.07) is 6.24. The van der Waals surface area contributed by atoms with Gasteiger partial charge in [-0.1, -0.05) is 0 Å². The van der Waals surface area contributed by atoms with Crippen molar-refractivity contribution in [1.29, 1.82) is 0 Å². The van der Waals surface area contributed by atoms with E-state index < -0.39 is 21.7 Å². The third-order valence-corrected chi connectivity index (χ3v) is 9.29. The molecule has 1 amide bonds. The molecule has 9 nitrogen and oxygen atoms in total. The van der Waals surface area contributed by atoms with Crippen LogP contribution in [0.5, 0.6) is 0 Å². The highest BCUT2D eigenvalue weighted by molar-refractivity contribution is 7.90. The Morgan fingerprint density at radius 1 is 0.974 bits per heavy atom. The number of sulfone groups is 1. The maximum Gasteiger partial charge on any atom is 0.258 e. The van der Waals surface area contributed by atoms with Crippen LogP contribution in [0.4, 0.5) is 26.1 Å². The van der Waals surface area contributed by atoms with Crippen LogP contribution in [0.3, 0.4) is 0 Å². The average Bonchev–Trinajstić information content (AvgIpc) is 3.45. The number of aromatic nitrogens is 3. The van der Waals surface area contributed by atoms with E-state index in [2.05, 4.69) is 20.2 Å². The number of hydrogen-bond acceptors (Lipinski definition) is 7. The summed E-state index contributed by atoms with van der Waals surface area (Å²) < 4.78 is 53.8. The molecule has 12 heteroatoms. The monoisotopic (exact) mass is 544 g/mol. The van der Waals surface area contributed by atoms with Gasteiger partial charge in [0, 0.05) is 63.7 Å². The van der Waals surface area contributed by atoms with Crippen molar-refractivity contribution in [3.8, 4) is 0 Å². The minimum absolute atomic E-state index is 0.164. The Bertz CT molecular complexity index is 1500. The molecular weight excluding hydrogens is 514 g/mol. The van der Waals surface area contributed by atoms with E-state index in [1.807, 2.05) is 4.90 Å². The number of piperidine rings is 2. The van der Waals surface area contributed by atoms with Crippen molar-refractivity contribution in [3.63, 3.8) is 0 Å². The van der Waals surface area contributed by atoms with Crippen molar-refractivity contribution in [3.05, 3.63) is 42.2 Å². The number of halogens is 2. The average molecular weight is 545 g/mol. The minimum Gasteiger partial charge on any atom is -0.371 e. The normalized spacial score (nSPS) is 20.6. The molecule has 3 fully saturated rings. The smallest absolute Gasteiger partial charge is 0.258 e. The van der Waals surface area contributed by atoms with Crippen LogP contribution in [-0.4, -0.2) is 67.1 Å². The summed E-state index contributed by atoms with van der Waals surface area (Å²) in [6.45, 7) is 1.86. The molecule has 1 N–H and O–H groups in total. The van der Waals surface area contributed by atoms with E-state index >= 15 is 0 Å². The number of nitrogens with zero attached hydrogens (tertiary/aromatic N) is 5. The first kappa shape index (κ1) is 25.0. The van der Waals surface area contributed by atoms with E-state index in [0.29, 0.717) is 28.3 Å². The minimum atomic E-state index is -3.46. The van der Waals surface area contributed by atoms with E-state index in [4.69, 9.17) is 0 Å². The predicted octanol–water partition coefficient (Wildman–Crippen LogP) is 4.00. The van der Waals surface area contributed by atoms with Crippen LogP contribution in [0.1, 0.15) is 48.9 Å². The van der Waals surface area contributed by atoms with Crippen LogP contribution in [0.2, 0.25) is 0 Å². The van der Waals surface area contributed by atoms with E-state index in [-0.39, 0.29) is 36.6 Å². The third kappa shape index (κ3) is 4.81. The van der Waals surface area contributed by atoms with Crippen LogP contribution in [-0.2, 0) is 9.84 Å². The lowest BCUT2D eigenvalue weighted by Gasteiger charge is -2.35. The molecule has 202 valence electrons. The molecule has 2 saturated heterocycles. The maximum absolute atomic E-state index is 13.8. The van der Waals surface area contributed by atoms with Crippen molar-refractivity contribution < 1.29 is 22.0 Å². The molecule has 2 aliphatic heterocycles. The molecule has 3 aliphatic rings. The third-order valence-electron chi connectivity index (χ3n) is 8.18. The van der Waals surface area contributed by atoms with Gasteiger partial charge in [-0.15, -0.1) is 0 Å². The van der Waals surface area contributed by atoms with Crippen molar-refractivity contribution in [2.45, 2.75) is 49.3 Å². The highest BCUT2D eigenvalue weighted by Gasteiger charge is 2.44. The number of nitrogens with one attached hydrogen (secondary N) is 1. The zero-order chi connectivity index (χ0) is 26.7. The summed E-state index contributed by atoms with van der Waals surface area (Å²) >= 11 is 0. The quantitative estimate of drug-likeness (QED) is 0.518. The molecule has 0 radical (unpaired) electrons. The molecule has 1 spiro atoms. The lowest BCUT2D eigenvalue weighted by Crippen LogP contribution is -2.40. The second kappa shape index (κ2) is 8.89. The summed E-state index contributed by atoms with van der Waals surface area (Å²) in [5.74, 6) is -1.90. The predicted molar refractivity (Wildman–Crippen MR) is 140 cm³/mol. The van der Waals surface area contributed by atoms with Gasteiger partial charge in [0.2, 0.25) is 5.78 Å². The molecule has 0 bridgehead atoms. The number of amides is 1. The Labute approximate surface area is 219 Å². The van der Waals surface area contributed by atoms with E-state index in [1.54, 1.807) is 35.0 Å². The summed E-state index contributed by atoms with van der Waals surface area (Å²) in [6.07, 6.45) is 8.44. The Kier molecular flexibility index (Phi) is 5.85. The number of imidazole rings is 1. The Balaban J connectivity index is 1.31. The standard InChI is InChI=1S/C26H30F2N6O3S/c1-38(36,37)18-2-3-19(20(16-18)32-11-6-25(4-5-25)7-12-32)23(35)30-21-17-22(34-15-10-29-24(34)31-21)33-13-8-26(27,28)9-14-33/h2-3,10,15-17H,4-9,11-14H2,1H3,(H,29,30,31,35). The summed E-state index contributed by atoms with van der Waals surface area (Å²) in [7, 11) is -3.46. The van der Waals surface area contributed by atoms with Crippen LogP contribution in [0.25, 0.3) is 5.78 Å². The number of benzene rings is 1. The van der Waals surface area contributed by atoms with Gasteiger partial charge in [0.25, 0.3) is 11.8 Å². The Hall–Kier alpha value is -3.28. The van der Waals surface area contributed by atoms with E-state index in [1.165, 1.54) is 18.9 Å². The van der Waals surface area contributed by atoms with Gasteiger partial charge >= 0.3 is 0 Å². The molecule has 1 aliphatic carbocycles. The second-order valence-corrected chi connectivity index (χ2v) is 12.8. The van der Waals surface area contributed by atoms with Crippen molar-refractivity contribution >= 4 is 38.8 Å². The topological polar surface area (TPSA) is 99.9 Å². The number of carbonyl (C=O) groups is 1. The number of fused-ring (bicyclic) bond motifs is 1. The molecule has 4 heterocycles. The lowest BCUT2D eigenvalue weighted by atomic mass is 9.93. The van der Waals surface area contributed by atoms with Gasteiger partial charge in [0.1, 0.15) is 11.6 Å². The van der Waals surface area contributed by atoms with Gasteiger partial charge in [-0.3, -0.25) is 9.20 Å². The molecule has 0 atom stereocenters. The molecule has 0 unspecified atom stereocenters. The Morgan fingerprint density at radius 3 is 2.32 bits per heavy atom. The molecule has 38 heavy (non-hydrogen) atoms. The highest BCUT2D eigenvalue weighted by Crippen LogP contribution is 2.54. The summed E-state index contributed by atoms with van der Waals surface area (Å²) in [5, 5.41) is 2.85. The van der Waals surface area contributed by atoms with E-state index in [0.717, 1.165) is 32.2 Å². The molecule has 1 aromatic carbocycles. The fourth-order valence-corrected chi connectivity index (χ4v) is 6.18. The summed E-state index contributed by atoms with van der Waals surface area (Å²) in [4.78, 5) is 26.4. The summed E-state index contributed by atoms with van der Waals surface area (Å²) in [5.41, 5.74) is 1.36. The second-order valence-electron chi connectivity index (χ2n) is 10.8. The number of anilines is 3. The lowest BCUT2D eigenvalue weighted by molar-refractivity contribution is -0.0221. The van der Waals surface area contributed by atoms with Gasteiger partial charge in [0.15, 0.2) is 9.84 Å². The fourth-order valence-electron chi connectivity index (χ4n) is 5.54. The van der Waals surface area contributed by atoms with Gasteiger partial charge in [0.05, 0.1) is 16.1 Å². The maximum atomic E-state index is 13.8. The van der Waals surface area contributed by atoms with E-state index in [9.17, 15) is 22.0 Å². The molecule has 2 aromatic heterocycles. The number of rotatable bonds is 5. The largest absolute Gasteiger partial charge is 0.371 e. The van der Waals surface area contributed by atoms with Gasteiger partial charge in [-0.05, 0) is 49.3 Å². The van der Waals surface area contributed by atoms with Crippen LogP contribution in [0.15, 0.2) is 41.6 Å². The first-order valence-corrected chi connectivity index (χ1v) is 14.8. The van der Waals surface area contributed by atoms with Crippen LogP contribution in [0, 0.1) is 5.41 Å². The van der Waals surface area contributed by atoms with Crippen molar-refractivity contribution in [2.75, 3.05) is 47.6 Å². The first-order valence-electron chi connectivity index (χ1n) is 12.9. The number of carbonyl (C=O) groups excluding carboxylic acids is 1. The number of alkyl halides is 2. The molecule has 6 rings (SSSR count).